The third-order valence-electron chi connectivity index (χ3n) is 3.89. The molecule has 3 N–H and O–H groups in total. The topological polar surface area (TPSA) is 58.4 Å². The van der Waals surface area contributed by atoms with Crippen LogP contribution in [-0.2, 0) is 11.2 Å². The van der Waals surface area contributed by atoms with Crippen molar-refractivity contribution in [2.45, 2.75) is 51.7 Å². The molecule has 1 amide bonds. The lowest BCUT2D eigenvalue weighted by atomic mass is 10.1. The third kappa shape index (κ3) is 3.31. The number of hydrogen-bond acceptors (Lipinski definition) is 3. The second-order valence-electron chi connectivity index (χ2n) is 5.94. The second-order valence-corrected chi connectivity index (χ2v) is 5.94. The van der Waals surface area contributed by atoms with Crippen LogP contribution < -0.4 is 16.0 Å². The van der Waals surface area contributed by atoms with E-state index < -0.39 is 0 Å². The van der Waals surface area contributed by atoms with Crippen molar-refractivity contribution >= 4 is 11.6 Å². The molecule has 2 rings (SSSR count). The first-order chi connectivity index (χ1) is 9.49. The fraction of sp³-hybridized carbons (Fsp3) is 0.562. The van der Waals surface area contributed by atoms with Gasteiger partial charge in [-0.1, -0.05) is 32.0 Å². The Labute approximate surface area is 121 Å². The molecule has 0 spiro atoms. The van der Waals surface area contributed by atoms with Crippen molar-refractivity contribution in [2.24, 2.45) is 5.73 Å². The van der Waals surface area contributed by atoms with E-state index in [0.717, 1.165) is 19.4 Å². The summed E-state index contributed by atoms with van der Waals surface area (Å²) < 4.78 is 0. The molecule has 2 unspecified atom stereocenters. The Morgan fingerprint density at radius 3 is 2.80 bits per heavy atom. The number of fused-ring (bicyclic) bond motifs is 1. The number of primary amides is 1. The van der Waals surface area contributed by atoms with Crippen LogP contribution in [0, 0.1) is 0 Å². The molecule has 0 aromatic heterocycles. The van der Waals surface area contributed by atoms with Gasteiger partial charge in [-0.25, -0.2) is 0 Å². The first-order valence-electron chi connectivity index (χ1n) is 7.39. The lowest BCUT2D eigenvalue weighted by Crippen LogP contribution is -2.46. The lowest BCUT2D eigenvalue weighted by Gasteiger charge is -2.27. The number of anilines is 1. The predicted octanol–water partition coefficient (Wildman–Crippen LogP) is 1.68. The summed E-state index contributed by atoms with van der Waals surface area (Å²) in [5.74, 6) is -0.265. The number of amides is 1. The molecule has 0 radical (unpaired) electrons. The highest BCUT2D eigenvalue weighted by Gasteiger charge is 2.26. The number of hydrogen-bond donors (Lipinski definition) is 2. The molecule has 1 aromatic rings. The van der Waals surface area contributed by atoms with Crippen LogP contribution in [0.2, 0.25) is 0 Å². The highest BCUT2D eigenvalue weighted by molar-refractivity contribution is 5.80. The molecule has 20 heavy (non-hydrogen) atoms. The number of nitrogens with zero attached hydrogens (tertiary/aromatic N) is 1. The minimum atomic E-state index is -0.265. The van der Waals surface area contributed by atoms with E-state index in [1.165, 1.54) is 11.3 Å². The van der Waals surface area contributed by atoms with Gasteiger partial charge in [0.15, 0.2) is 0 Å². The molecule has 4 nitrogen and oxygen atoms in total. The number of nitrogens with one attached hydrogen (secondary N) is 1. The minimum absolute atomic E-state index is 0.255. The third-order valence-corrected chi connectivity index (χ3v) is 3.89. The molecule has 1 heterocycles. The SMILES string of the molecule is CC(C)NC(CCN1c2ccccc2CC1C)C(N)=O. The van der Waals surface area contributed by atoms with E-state index in [-0.39, 0.29) is 18.0 Å². The summed E-state index contributed by atoms with van der Waals surface area (Å²) in [5.41, 5.74) is 8.17. The van der Waals surface area contributed by atoms with Gasteiger partial charge in [-0.2, -0.15) is 0 Å². The van der Waals surface area contributed by atoms with Gasteiger partial charge >= 0.3 is 0 Å². The Morgan fingerprint density at radius 2 is 2.15 bits per heavy atom. The average molecular weight is 275 g/mol. The van der Waals surface area contributed by atoms with Gasteiger partial charge in [0.2, 0.25) is 5.91 Å². The molecule has 1 aromatic carbocycles. The quantitative estimate of drug-likeness (QED) is 0.830. The van der Waals surface area contributed by atoms with Gasteiger partial charge in [0, 0.05) is 24.3 Å². The van der Waals surface area contributed by atoms with Crippen molar-refractivity contribution in [3.8, 4) is 0 Å². The van der Waals surface area contributed by atoms with Crippen LogP contribution in [0.25, 0.3) is 0 Å². The molecule has 1 aliphatic rings. The van der Waals surface area contributed by atoms with Crippen molar-refractivity contribution in [2.75, 3.05) is 11.4 Å². The van der Waals surface area contributed by atoms with Gasteiger partial charge in [0.05, 0.1) is 6.04 Å². The van der Waals surface area contributed by atoms with E-state index in [4.69, 9.17) is 5.73 Å². The summed E-state index contributed by atoms with van der Waals surface area (Å²) in [6.45, 7) is 7.15. The van der Waals surface area contributed by atoms with Crippen molar-refractivity contribution in [1.82, 2.24) is 5.32 Å². The standard InChI is InChI=1S/C16H25N3O/c1-11(2)18-14(16(17)20)8-9-19-12(3)10-13-6-4-5-7-15(13)19/h4-7,11-12,14,18H,8-10H2,1-3H3,(H2,17,20). The zero-order chi connectivity index (χ0) is 14.7. The van der Waals surface area contributed by atoms with Gasteiger partial charge in [-0.3, -0.25) is 4.79 Å². The molecule has 1 aliphatic heterocycles. The number of para-hydroxylation sites is 1. The minimum Gasteiger partial charge on any atom is -0.368 e. The summed E-state index contributed by atoms with van der Waals surface area (Å²) >= 11 is 0. The van der Waals surface area contributed by atoms with E-state index in [1.807, 2.05) is 13.8 Å². The Balaban J connectivity index is 2.01. The summed E-state index contributed by atoms with van der Waals surface area (Å²) in [6, 6.07) is 8.99. The second kappa shape index (κ2) is 6.27. The summed E-state index contributed by atoms with van der Waals surface area (Å²) in [5, 5.41) is 3.24. The Bertz CT molecular complexity index is 473. The first-order valence-corrected chi connectivity index (χ1v) is 7.39. The molecule has 0 fully saturated rings. The maximum Gasteiger partial charge on any atom is 0.234 e. The first kappa shape index (κ1) is 14.9. The number of benzene rings is 1. The number of carbonyl (C=O) groups is 1. The highest BCUT2D eigenvalue weighted by Crippen LogP contribution is 2.31. The van der Waals surface area contributed by atoms with Crippen LogP contribution in [0.1, 0.15) is 32.8 Å². The molecule has 0 bridgehead atoms. The van der Waals surface area contributed by atoms with Crippen molar-refractivity contribution in [3.63, 3.8) is 0 Å². The number of nitrogens with two attached hydrogens (primary N) is 1. The lowest BCUT2D eigenvalue weighted by molar-refractivity contribution is -0.120. The van der Waals surface area contributed by atoms with Crippen molar-refractivity contribution in [3.05, 3.63) is 29.8 Å². The average Bonchev–Trinajstić information content (AvgIpc) is 2.69. The zero-order valence-corrected chi connectivity index (χ0v) is 12.6. The Hall–Kier alpha value is -1.55. The zero-order valence-electron chi connectivity index (χ0n) is 12.6. The molecule has 2 atom stereocenters. The van der Waals surface area contributed by atoms with Crippen molar-refractivity contribution in [1.29, 1.82) is 0 Å². The van der Waals surface area contributed by atoms with Crippen LogP contribution in [0.4, 0.5) is 5.69 Å². The van der Waals surface area contributed by atoms with E-state index in [1.54, 1.807) is 0 Å². The van der Waals surface area contributed by atoms with Gasteiger partial charge in [0.1, 0.15) is 0 Å². The van der Waals surface area contributed by atoms with Gasteiger partial charge in [-0.15, -0.1) is 0 Å². The van der Waals surface area contributed by atoms with Crippen LogP contribution in [0.15, 0.2) is 24.3 Å². The Morgan fingerprint density at radius 1 is 1.45 bits per heavy atom. The molecule has 0 aliphatic carbocycles. The summed E-state index contributed by atoms with van der Waals surface area (Å²) in [6.07, 6.45) is 1.82. The van der Waals surface area contributed by atoms with Gasteiger partial charge in [0.25, 0.3) is 0 Å². The van der Waals surface area contributed by atoms with E-state index >= 15 is 0 Å². The largest absolute Gasteiger partial charge is 0.368 e. The highest BCUT2D eigenvalue weighted by atomic mass is 16.1. The van der Waals surface area contributed by atoms with Gasteiger partial charge < -0.3 is 16.0 Å². The van der Waals surface area contributed by atoms with Crippen LogP contribution >= 0.6 is 0 Å². The molecule has 4 heteroatoms. The van der Waals surface area contributed by atoms with Crippen LogP contribution in [0.3, 0.4) is 0 Å². The number of carbonyl (C=O) groups excluding carboxylic acids is 1. The van der Waals surface area contributed by atoms with Crippen LogP contribution in [0.5, 0.6) is 0 Å². The molecule has 0 saturated carbocycles. The maximum absolute atomic E-state index is 11.5. The normalized spacial score (nSPS) is 19.2. The summed E-state index contributed by atoms with van der Waals surface area (Å²) in [7, 11) is 0. The monoisotopic (exact) mass is 275 g/mol. The number of rotatable bonds is 6. The van der Waals surface area contributed by atoms with E-state index in [0.29, 0.717) is 6.04 Å². The van der Waals surface area contributed by atoms with Crippen molar-refractivity contribution < 1.29 is 4.79 Å². The van der Waals surface area contributed by atoms with E-state index in [9.17, 15) is 4.79 Å². The maximum atomic E-state index is 11.5. The van der Waals surface area contributed by atoms with Gasteiger partial charge in [-0.05, 0) is 31.4 Å². The predicted molar refractivity (Wildman–Crippen MR) is 82.8 cm³/mol. The molecule has 110 valence electrons. The molecule has 0 saturated heterocycles. The fourth-order valence-electron chi connectivity index (χ4n) is 2.95. The van der Waals surface area contributed by atoms with E-state index in [2.05, 4.69) is 41.4 Å². The van der Waals surface area contributed by atoms with Crippen LogP contribution in [-0.4, -0.2) is 30.6 Å². The molecular weight excluding hydrogens is 250 g/mol. The summed E-state index contributed by atoms with van der Waals surface area (Å²) in [4.78, 5) is 13.9. The Kier molecular flexibility index (Phi) is 4.65. The fourth-order valence-corrected chi connectivity index (χ4v) is 2.95. The smallest absolute Gasteiger partial charge is 0.234 e. The molecular formula is C16H25N3O.